The monoisotopic (exact) mass is 1250 g/mol. The Labute approximate surface area is 516 Å². The van der Waals surface area contributed by atoms with Crippen molar-refractivity contribution in [3.05, 3.63) is 88.5 Å². The fourth-order valence-electron chi connectivity index (χ4n) is 10.5. The Kier molecular flexibility index (Phi) is 24.1. The number of urea groups is 1. The zero-order valence-electron chi connectivity index (χ0n) is 51.3. The van der Waals surface area contributed by atoms with Crippen LogP contribution in [0.2, 0.25) is 5.02 Å². The summed E-state index contributed by atoms with van der Waals surface area (Å²) in [6, 6.07) is 5.55. The highest BCUT2D eigenvalue weighted by Crippen LogP contribution is 2.49. The summed E-state index contributed by atoms with van der Waals surface area (Å²) in [5.74, 6) is -4.54. The number of carbonyl (C=O) groups is 10. The van der Waals surface area contributed by atoms with Gasteiger partial charge in [0.2, 0.25) is 23.6 Å². The summed E-state index contributed by atoms with van der Waals surface area (Å²) in [4.78, 5) is 134. The zero-order chi connectivity index (χ0) is 64.8. The molecule has 0 radical (unpaired) electrons. The van der Waals surface area contributed by atoms with Gasteiger partial charge in [-0.3, -0.25) is 43.9 Å². The third-order valence-electron chi connectivity index (χ3n) is 16.1. The second-order valence-corrected chi connectivity index (χ2v) is 23.4. The van der Waals surface area contributed by atoms with Crippen LogP contribution < -0.4 is 42.0 Å². The lowest BCUT2D eigenvalue weighted by atomic mass is 9.83. The number of aliphatic hydroxyl groups is 1. The molecule has 2 aromatic carbocycles. The van der Waals surface area contributed by atoms with Crippen molar-refractivity contribution in [1.82, 2.24) is 31.1 Å². The van der Waals surface area contributed by atoms with Crippen molar-refractivity contribution >= 4 is 82.6 Å². The van der Waals surface area contributed by atoms with E-state index >= 15 is 0 Å². The van der Waals surface area contributed by atoms with E-state index in [1.165, 1.54) is 52.3 Å². The Morgan fingerprint density at radius 1 is 0.966 bits per heavy atom. The van der Waals surface area contributed by atoms with E-state index < -0.39 is 114 Å². The number of methoxy groups -OCH3 is 2. The number of nitrogens with two attached hydrogens (primary N) is 1. The number of likely N-dealkylation sites (N-methyl/N-ethyl adjacent to an activating group) is 1. The number of fused-ring (bicyclic) bond motifs is 5. The molecule has 8 N–H and O–H groups in total. The van der Waals surface area contributed by atoms with E-state index in [-0.39, 0.29) is 68.1 Å². The highest BCUT2D eigenvalue weighted by Gasteiger charge is 2.64. The summed E-state index contributed by atoms with van der Waals surface area (Å²) in [6.45, 7) is 10.2. The number of halogens is 1. The van der Waals surface area contributed by atoms with Crippen molar-refractivity contribution in [2.45, 2.75) is 160 Å². The fraction of sp³-hybridized carbons (Fsp3) is 0.541. The molecule has 4 heterocycles. The highest BCUT2D eigenvalue weighted by molar-refractivity contribution is 6.35. The number of epoxide rings is 1. The number of rotatable bonds is 23. The van der Waals surface area contributed by atoms with Gasteiger partial charge in [-0.15, -0.1) is 0 Å². The normalized spacial score (nSPS) is 24.1. The van der Waals surface area contributed by atoms with Gasteiger partial charge in [0.05, 0.1) is 25.3 Å². The number of carbonyl (C=O) groups excluding carboxylic acids is 10. The number of unbranched alkanes of at least 4 members (excludes halogenated alkanes) is 2. The topological polar surface area (TPSA) is 346 Å². The van der Waals surface area contributed by atoms with E-state index in [4.69, 9.17) is 45.8 Å². The van der Waals surface area contributed by atoms with Crippen LogP contribution in [0.3, 0.4) is 0 Å². The van der Waals surface area contributed by atoms with Crippen LogP contribution in [-0.4, -0.2) is 170 Å². The van der Waals surface area contributed by atoms with Crippen molar-refractivity contribution < 1.29 is 81.5 Å². The Morgan fingerprint density at radius 3 is 2.31 bits per heavy atom. The maximum Gasteiger partial charge on any atom is 0.410 e. The molecule has 2 fully saturated rings. The number of amides is 10. The average Bonchev–Trinajstić information content (AvgIpc) is 1.82. The molecule has 10 amide bonds. The lowest BCUT2D eigenvalue weighted by Crippen LogP contribution is -2.63. The number of primary amides is 1. The number of alkyl carbamates (subject to hydrolysis) is 1. The summed E-state index contributed by atoms with van der Waals surface area (Å²) in [6.07, 6.45) is 3.41. The first kappa shape index (κ1) is 69.0. The molecule has 4 aliphatic rings. The van der Waals surface area contributed by atoms with Crippen LogP contribution in [-0.2, 0) is 70.3 Å². The van der Waals surface area contributed by atoms with Gasteiger partial charge in [0, 0.05) is 70.9 Å². The van der Waals surface area contributed by atoms with E-state index in [9.17, 15) is 53.1 Å². The zero-order valence-corrected chi connectivity index (χ0v) is 52.1. The number of allylic oxidation sites excluding steroid dienone is 3. The van der Waals surface area contributed by atoms with Crippen LogP contribution in [0.25, 0.3) is 0 Å². The van der Waals surface area contributed by atoms with Gasteiger partial charge in [-0.1, -0.05) is 74.7 Å². The standard InChI is InChI=1S/C61H82ClN9O17/c1-34(2)52(67-47(72)19-12-11-13-27-71-48(73)24-25-49(71)74)55(77)66-41(17-15-26-64-57(63)79)54(76)65-40-22-20-38(21-23-40)33-85-59(81)69(7)37(5)56(78)87-46-31-50(75)70(8)42-29-39(30-43(83-9)51(42)62)28-35(3)16-14-18-45(84-10)61(82)32-44(86-58(80)68-61)36(4)53-60(46,6)88-53/h14,16,18,20-25,29-30,34,36-37,41,44-46,52-53,82H,11-13,15,17,19,26-28,31-33H2,1-10H3,(H,65,76)(H,66,77)(H,67,72)(H,68,80)(H3,63,64,79)/b18-14-,35-16?/t36-,37+,41+,44+,45-,46+,52+,53+,60+,61+/m1/s1. The Bertz CT molecular complexity index is 3010. The van der Waals surface area contributed by atoms with Crippen molar-refractivity contribution in [3.63, 3.8) is 0 Å². The van der Waals surface area contributed by atoms with E-state index in [0.29, 0.717) is 48.4 Å². The largest absolute Gasteiger partial charge is 0.495 e. The highest BCUT2D eigenvalue weighted by atomic mass is 35.5. The van der Waals surface area contributed by atoms with Crippen LogP contribution >= 0.6 is 11.6 Å². The predicted octanol–water partition coefficient (Wildman–Crippen LogP) is 4.82. The maximum absolute atomic E-state index is 14.4. The number of hydrogen-bond acceptors (Lipinski definition) is 17. The minimum atomic E-state index is -1.91. The Balaban J connectivity index is 1.09. The van der Waals surface area contributed by atoms with Crippen LogP contribution in [0, 0.1) is 11.8 Å². The molecule has 4 aliphatic heterocycles. The summed E-state index contributed by atoms with van der Waals surface area (Å²) in [7, 11) is 5.70. The molecule has 26 nitrogen and oxygen atoms in total. The molecule has 88 heavy (non-hydrogen) atoms. The molecule has 0 aromatic heterocycles. The van der Waals surface area contributed by atoms with Crippen LogP contribution in [0.4, 0.5) is 25.8 Å². The molecule has 0 unspecified atom stereocenters. The molecule has 2 saturated heterocycles. The summed E-state index contributed by atoms with van der Waals surface area (Å²) < 4.78 is 35.0. The van der Waals surface area contributed by atoms with Gasteiger partial charge in [-0.25, -0.2) is 19.2 Å². The van der Waals surface area contributed by atoms with Gasteiger partial charge in [0.1, 0.15) is 59.4 Å². The molecule has 10 atom stereocenters. The van der Waals surface area contributed by atoms with Gasteiger partial charge >= 0.3 is 24.2 Å². The molecular formula is C61H82ClN9O17. The van der Waals surface area contributed by atoms with Crippen molar-refractivity contribution in [3.8, 4) is 5.75 Å². The average molecular weight is 1250 g/mol. The third-order valence-corrected chi connectivity index (χ3v) is 16.4. The van der Waals surface area contributed by atoms with E-state index in [1.54, 1.807) is 76.2 Å². The lowest BCUT2D eigenvalue weighted by Gasteiger charge is -2.42. The van der Waals surface area contributed by atoms with Crippen molar-refractivity contribution in [2.24, 2.45) is 17.6 Å². The number of nitrogens with one attached hydrogen (secondary N) is 5. The number of ether oxygens (including phenoxy) is 6. The van der Waals surface area contributed by atoms with Gasteiger partial charge in [0.15, 0.2) is 5.72 Å². The van der Waals surface area contributed by atoms with Crippen molar-refractivity contribution in [2.75, 3.05) is 51.6 Å². The fourth-order valence-corrected chi connectivity index (χ4v) is 10.8. The van der Waals surface area contributed by atoms with E-state index in [1.807, 2.05) is 13.0 Å². The SMILES string of the molecule is COc1cc2cc(c1Cl)N(C)C(=O)C[C@H](OC(=O)[C@H](C)N(C)C(=O)OCc1ccc(NC(=O)[C@H](CCCNC(N)=O)NC(=O)[C@@H](NC(=O)CCCCCN3C(=O)C=CC3=O)C(C)C)cc1)[C@]1(C)O[C@H]1[C@H](C)[C@@H]1C[C@@](O)(NC(=O)O1)[C@H](OC)/C=C\C=C(C)C2. The summed E-state index contributed by atoms with van der Waals surface area (Å²) >= 11 is 6.83. The minimum absolute atomic E-state index is 0.0698. The number of esters is 1. The molecule has 0 aliphatic carbocycles. The smallest absolute Gasteiger partial charge is 0.410 e. The predicted molar refractivity (Wildman–Crippen MR) is 321 cm³/mol. The second-order valence-electron chi connectivity index (χ2n) is 23.0. The van der Waals surface area contributed by atoms with E-state index in [0.717, 1.165) is 20.9 Å². The van der Waals surface area contributed by atoms with Gasteiger partial charge in [-0.2, -0.15) is 0 Å². The van der Waals surface area contributed by atoms with Gasteiger partial charge in [-0.05, 0) is 94.2 Å². The first-order valence-electron chi connectivity index (χ1n) is 29.1. The minimum Gasteiger partial charge on any atom is -0.495 e. The number of nitrogens with zero attached hydrogens (tertiary/aromatic N) is 3. The molecule has 0 saturated carbocycles. The maximum atomic E-state index is 14.4. The van der Waals surface area contributed by atoms with Crippen LogP contribution in [0.5, 0.6) is 5.75 Å². The molecule has 4 bridgehead atoms. The second kappa shape index (κ2) is 30.7. The lowest BCUT2D eigenvalue weighted by molar-refractivity contribution is -0.158. The molecule has 6 rings (SSSR count). The molecule has 480 valence electrons. The Hall–Kier alpha value is -8.07. The van der Waals surface area contributed by atoms with Crippen LogP contribution in [0.15, 0.2) is 72.4 Å². The third kappa shape index (κ3) is 18.0. The number of imide groups is 1. The molecule has 27 heteroatoms. The number of hydrogen-bond donors (Lipinski definition) is 7. The number of benzene rings is 2. The first-order chi connectivity index (χ1) is 41.6. The number of anilines is 2. The Morgan fingerprint density at radius 2 is 1.66 bits per heavy atom. The molecule has 0 spiro atoms. The van der Waals surface area contributed by atoms with Gasteiger partial charge < -0.3 is 65.4 Å². The van der Waals surface area contributed by atoms with Crippen LogP contribution in [0.1, 0.15) is 104 Å². The molecular weight excluding hydrogens is 1170 g/mol. The van der Waals surface area contributed by atoms with E-state index in [2.05, 4.69) is 26.6 Å². The molecule has 2 aromatic rings. The first-order valence-corrected chi connectivity index (χ1v) is 29.5. The summed E-state index contributed by atoms with van der Waals surface area (Å²) in [5, 5.41) is 25.3. The van der Waals surface area contributed by atoms with Gasteiger partial charge in [0.25, 0.3) is 11.8 Å². The van der Waals surface area contributed by atoms with Crippen molar-refractivity contribution in [1.29, 1.82) is 0 Å². The quantitative estimate of drug-likeness (QED) is 0.0258. The summed E-state index contributed by atoms with van der Waals surface area (Å²) in [5.41, 5.74) is 4.68.